The van der Waals surface area contributed by atoms with Gasteiger partial charge in [0.1, 0.15) is 40.8 Å². The van der Waals surface area contributed by atoms with E-state index in [-0.39, 0.29) is 138 Å². The molecule has 24 N–H and O–H groups in total. The molecule has 0 bridgehead atoms. The summed E-state index contributed by atoms with van der Waals surface area (Å²) in [5, 5.41) is 197. The first kappa shape index (κ1) is 90.5. The van der Waals surface area contributed by atoms with E-state index in [1.807, 2.05) is 52.5 Å². The zero-order valence-corrected chi connectivity index (χ0v) is 57.2. The molecule has 36 heteroatoms. The molecule has 2 aliphatic heterocycles. The maximum absolute atomic E-state index is 9.73. The Morgan fingerprint density at radius 3 is 0.828 bits per heavy atom. The lowest BCUT2D eigenvalue weighted by Crippen LogP contribution is -2.40. The van der Waals surface area contributed by atoms with Gasteiger partial charge in [-0.15, -0.1) is 0 Å². The van der Waals surface area contributed by atoms with Gasteiger partial charge in [0.05, 0.1) is 54.6 Å². The summed E-state index contributed by atoms with van der Waals surface area (Å²) in [6.07, 6.45) is 8.52. The van der Waals surface area contributed by atoms with Crippen LogP contribution in [0.15, 0.2) is 46.1 Å². The molecule has 0 spiro atoms. The van der Waals surface area contributed by atoms with Crippen molar-refractivity contribution in [1.82, 2.24) is 11.0 Å². The van der Waals surface area contributed by atoms with Crippen LogP contribution in [0.2, 0.25) is 0 Å². The molecule has 18 atom stereocenters. The molecule has 0 aromatic carbocycles. The summed E-state index contributed by atoms with van der Waals surface area (Å²) < 4.78 is 0. The van der Waals surface area contributed by atoms with Crippen LogP contribution in [-0.4, -0.2) is 105 Å². The molecule has 544 valence electrons. The van der Waals surface area contributed by atoms with Gasteiger partial charge in [-0.3, -0.25) is 21.4 Å². The standard InChI is InChI=1S/C21H38N10O6.C21H35N9O3.C21H26N6.H3NO/c1-3-10-5-14(20(30-36)24-18(10)28-34)8-12(16(22)26-32)7-13(17(23)27-33)9-15-6-11(4-2)19(29-35)25-21(15)31-37;1-3-13(10-22)5-17(20(26)29-32)8-15(12-24)9-18(21(27)30-33)7-14(11-23)6-16(4-2)19(25)28-31;1-3-16(10-22)5-18(12-24)7-20(14-26)9-21(15-27)8-19(13-25)6-17(4-2)11-23;1-2/h10-15,32-37H,3-9H2,1-2H3,(H2,22,26)(H2,23,27)(H,24,28,30)(H,25,29,31);13-18,31-33H,3-9H2,1-2H3,(H2,25,28)(H2,26,29)(H2,27,30);16-21H,3-9H2,1-2H3;2H,1H2. The van der Waals surface area contributed by atoms with E-state index >= 15 is 0 Å². The Labute approximate surface area is 579 Å². The van der Waals surface area contributed by atoms with Crippen molar-refractivity contribution in [2.45, 2.75) is 176 Å². The topological polar surface area (TPSA) is 708 Å². The van der Waals surface area contributed by atoms with Crippen LogP contribution in [0.5, 0.6) is 0 Å². The zero-order chi connectivity index (χ0) is 75.6. The quantitative estimate of drug-likeness (QED) is 0.0124. The predicted octanol–water partition coefficient (Wildman–Crippen LogP) is 7.50. The van der Waals surface area contributed by atoms with E-state index in [9.17, 15) is 73.3 Å². The van der Waals surface area contributed by atoms with Crippen molar-refractivity contribution in [3.63, 3.8) is 0 Å². The third-order valence-corrected chi connectivity index (χ3v) is 18.2. The van der Waals surface area contributed by atoms with E-state index in [0.717, 1.165) is 0 Å². The number of hydrogen-bond acceptors (Lipinski definition) is 29. The lowest BCUT2D eigenvalue weighted by Gasteiger charge is -2.33. The SMILES string of the molecule is CCC(C#N)CC(C#N)CC(C#N)CC(C#N)CC(C#N)CC(C#N)CC.CCC(C#N)CC(CC(C#N)CC(CC(C#N)CC(CC)C(N)=NO)/C(N)=N/O)C(N)=NO.CCC1CC(CC(CC(CC2CC(CC)C(NO)=N/C2=N\O)/C(N)=N/O)/C(N)=N/O)/C(=N/O)N=C1NO.NO. The van der Waals surface area contributed by atoms with Gasteiger partial charge in [-0.25, -0.2) is 15.9 Å². The fourth-order valence-corrected chi connectivity index (χ4v) is 12.2. The number of aliphatic imine (C=N–C) groups is 2. The summed E-state index contributed by atoms with van der Waals surface area (Å²) in [6, 6.07) is 19.6. The van der Waals surface area contributed by atoms with E-state index in [4.69, 9.17) is 54.8 Å². The highest BCUT2D eigenvalue weighted by molar-refractivity contribution is 6.02. The summed E-state index contributed by atoms with van der Waals surface area (Å²) >= 11 is 0. The third-order valence-electron chi connectivity index (χ3n) is 18.2. The molecule has 0 saturated carbocycles. The van der Waals surface area contributed by atoms with Crippen molar-refractivity contribution in [3.8, 4) is 54.6 Å². The Hall–Kier alpha value is -10.5. The number of hydrogen-bond donors (Lipinski definition) is 18. The normalized spacial score (nSPS) is 21.4. The van der Waals surface area contributed by atoms with Crippen molar-refractivity contribution < 1.29 is 52.1 Å². The number of hydroxylamine groups is 2. The first-order valence-corrected chi connectivity index (χ1v) is 32.7. The minimum absolute atomic E-state index is 0.0255. The van der Waals surface area contributed by atoms with E-state index in [1.54, 1.807) is 0 Å². The van der Waals surface area contributed by atoms with Crippen LogP contribution in [0.1, 0.15) is 176 Å². The maximum Gasteiger partial charge on any atom is 0.172 e. The summed E-state index contributed by atoms with van der Waals surface area (Å²) in [7, 11) is 0. The molecule has 0 radical (unpaired) electrons. The summed E-state index contributed by atoms with van der Waals surface area (Å²) in [5.41, 5.74) is 33.6. The van der Waals surface area contributed by atoms with Gasteiger partial charge in [-0.05, 0) is 135 Å². The molecule has 2 heterocycles. The molecule has 99 heavy (non-hydrogen) atoms. The molecule has 18 unspecified atom stereocenters. The summed E-state index contributed by atoms with van der Waals surface area (Å²) in [6.45, 7) is 11.3. The van der Waals surface area contributed by atoms with Crippen LogP contribution >= 0.6 is 0 Å². The third kappa shape index (κ3) is 31.9. The van der Waals surface area contributed by atoms with Gasteiger partial charge >= 0.3 is 0 Å². The summed E-state index contributed by atoms with van der Waals surface area (Å²) in [4.78, 5) is 8.42. The van der Waals surface area contributed by atoms with Crippen LogP contribution < -0.4 is 45.5 Å². The predicted molar refractivity (Wildman–Crippen MR) is 361 cm³/mol. The molecule has 2 aliphatic rings. The Morgan fingerprint density at radius 2 is 0.596 bits per heavy atom. The van der Waals surface area contributed by atoms with Crippen molar-refractivity contribution >= 4 is 52.5 Å². The second-order valence-electron chi connectivity index (χ2n) is 24.4. The molecular formula is C63H102N26O10. The van der Waals surface area contributed by atoms with Crippen LogP contribution in [0, 0.1) is 209 Å². The van der Waals surface area contributed by atoms with Gasteiger partial charge < -0.3 is 70.3 Å². The van der Waals surface area contributed by atoms with Crippen molar-refractivity contribution in [2.75, 3.05) is 0 Å². The largest absolute Gasteiger partial charge is 0.409 e. The monoisotopic (exact) mass is 1380 g/mol. The molecule has 0 saturated heterocycles. The Bertz CT molecular complexity index is 2960. The second kappa shape index (κ2) is 52.6. The molecule has 36 nitrogen and oxygen atoms in total. The fourth-order valence-electron chi connectivity index (χ4n) is 12.2. The maximum atomic E-state index is 9.73. The van der Waals surface area contributed by atoms with Gasteiger partial charge in [0, 0.05) is 107 Å². The van der Waals surface area contributed by atoms with Gasteiger partial charge in [-0.1, -0.05) is 77.6 Å². The first-order chi connectivity index (χ1) is 47.5. The number of nitriles is 9. The molecular weight excluding hydrogens is 1280 g/mol. The highest BCUT2D eigenvalue weighted by atomic mass is 16.5. The van der Waals surface area contributed by atoms with E-state index < -0.39 is 59.2 Å². The van der Waals surface area contributed by atoms with Gasteiger partial charge in [-0.2, -0.15) is 47.4 Å². The number of amidine groups is 9. The smallest absolute Gasteiger partial charge is 0.172 e. The lowest BCUT2D eigenvalue weighted by atomic mass is 9.76. The average Bonchev–Trinajstić information content (AvgIpc) is 0.831. The number of rotatable bonds is 37. The Morgan fingerprint density at radius 1 is 0.364 bits per heavy atom. The molecule has 0 aliphatic carbocycles. The van der Waals surface area contributed by atoms with Crippen LogP contribution in [0.3, 0.4) is 0 Å². The van der Waals surface area contributed by atoms with Crippen LogP contribution in [-0.2, 0) is 0 Å². The minimum atomic E-state index is -0.623. The van der Waals surface area contributed by atoms with Crippen molar-refractivity contribution in [3.05, 3.63) is 0 Å². The van der Waals surface area contributed by atoms with Crippen LogP contribution in [0.25, 0.3) is 0 Å². The number of nitrogens with one attached hydrogen (secondary N) is 2. The van der Waals surface area contributed by atoms with Crippen molar-refractivity contribution in [2.24, 2.45) is 187 Å². The van der Waals surface area contributed by atoms with Crippen LogP contribution in [0.4, 0.5) is 0 Å². The van der Waals surface area contributed by atoms with E-state index in [2.05, 4.69) is 107 Å². The van der Waals surface area contributed by atoms with Gasteiger partial charge in [0.25, 0.3) is 0 Å². The Balaban J connectivity index is 0. The van der Waals surface area contributed by atoms with Gasteiger partial charge in [0.15, 0.2) is 11.7 Å². The minimum Gasteiger partial charge on any atom is -0.409 e. The number of nitrogens with zero attached hydrogens (tertiary/aromatic N) is 18. The number of nitrogens with two attached hydrogens (primary N) is 6. The van der Waals surface area contributed by atoms with E-state index in [0.29, 0.717) is 96.3 Å². The average molecular weight is 1380 g/mol. The molecule has 0 aromatic heterocycles. The van der Waals surface area contributed by atoms with Gasteiger partial charge in [0.2, 0.25) is 0 Å². The zero-order valence-electron chi connectivity index (χ0n) is 57.2. The Kier molecular flexibility index (Phi) is 48.1. The molecule has 0 amide bonds. The highest BCUT2D eigenvalue weighted by Crippen LogP contribution is 2.37. The van der Waals surface area contributed by atoms with E-state index in [1.165, 1.54) is 0 Å². The second-order valence-corrected chi connectivity index (χ2v) is 24.4. The fraction of sp³-hybridized carbons (Fsp3) is 0.714. The summed E-state index contributed by atoms with van der Waals surface area (Å²) in [5.74, 6) is -3.35. The highest BCUT2D eigenvalue weighted by Gasteiger charge is 2.38. The van der Waals surface area contributed by atoms with Crippen molar-refractivity contribution in [1.29, 1.82) is 47.4 Å². The molecule has 0 fully saturated rings. The lowest BCUT2D eigenvalue weighted by molar-refractivity contribution is 0.221. The first-order valence-electron chi connectivity index (χ1n) is 32.7. The molecule has 0 aromatic rings. The molecule has 2 rings (SSSR count). The number of oxime groups is 7.